The number of halogens is 1. The fourth-order valence-corrected chi connectivity index (χ4v) is 3.62. The lowest BCUT2D eigenvalue weighted by Gasteiger charge is -2.18. The van der Waals surface area contributed by atoms with E-state index in [1.54, 1.807) is 16.8 Å². The molecule has 1 atom stereocenters. The van der Waals surface area contributed by atoms with E-state index in [1.807, 2.05) is 34.9 Å². The summed E-state index contributed by atoms with van der Waals surface area (Å²) in [6, 6.07) is 16.0. The van der Waals surface area contributed by atoms with E-state index in [-0.39, 0.29) is 11.9 Å². The third-order valence-corrected chi connectivity index (χ3v) is 5.50. The van der Waals surface area contributed by atoms with Crippen LogP contribution in [0.25, 0.3) is 11.4 Å². The number of nitrogens with zero attached hydrogens (tertiary/aromatic N) is 7. The van der Waals surface area contributed by atoms with Crippen molar-refractivity contribution in [2.45, 2.75) is 23.3 Å². The minimum atomic E-state index is -0.295. The molecular weight excluding hydrogens is 391 g/mol. The van der Waals surface area contributed by atoms with E-state index < -0.39 is 0 Å². The Balaban J connectivity index is 1.77. The van der Waals surface area contributed by atoms with Crippen LogP contribution < -0.4 is 4.90 Å². The van der Waals surface area contributed by atoms with Crippen molar-refractivity contribution in [2.24, 2.45) is 0 Å². The number of benzene rings is 2. The van der Waals surface area contributed by atoms with Crippen molar-refractivity contribution >= 4 is 11.8 Å². The first-order chi connectivity index (χ1) is 14.0. The molecule has 0 aliphatic heterocycles. The Hall–Kier alpha value is -3.11. The molecule has 0 bridgehead atoms. The van der Waals surface area contributed by atoms with Crippen LogP contribution >= 0.6 is 11.8 Å². The zero-order chi connectivity index (χ0) is 20.4. The summed E-state index contributed by atoms with van der Waals surface area (Å²) < 4.78 is 17.1. The van der Waals surface area contributed by atoms with Gasteiger partial charge in [0, 0.05) is 5.69 Å². The van der Waals surface area contributed by atoms with Gasteiger partial charge in [-0.15, -0.1) is 15.3 Å². The zero-order valence-corrected chi connectivity index (χ0v) is 17.0. The molecule has 10 heteroatoms. The third-order valence-electron chi connectivity index (χ3n) is 4.62. The molecule has 2 aromatic heterocycles. The summed E-state index contributed by atoms with van der Waals surface area (Å²) in [5, 5.41) is 22.0. The van der Waals surface area contributed by atoms with Crippen LogP contribution in [0.4, 0.5) is 4.39 Å². The van der Waals surface area contributed by atoms with Crippen molar-refractivity contribution in [2.75, 3.05) is 14.1 Å². The average molecular weight is 411 g/mol. The molecule has 0 saturated heterocycles. The van der Waals surface area contributed by atoms with Crippen molar-refractivity contribution in [3.05, 3.63) is 66.2 Å². The van der Waals surface area contributed by atoms with Crippen molar-refractivity contribution in [1.29, 1.82) is 0 Å². The maximum atomic E-state index is 13.5. The van der Waals surface area contributed by atoms with Gasteiger partial charge in [0.05, 0.1) is 19.8 Å². The van der Waals surface area contributed by atoms with E-state index in [1.165, 1.54) is 28.8 Å². The molecule has 1 N–H and O–H groups in total. The van der Waals surface area contributed by atoms with E-state index in [4.69, 9.17) is 0 Å². The molecular formula is C19H20FN8S+. The lowest BCUT2D eigenvalue weighted by Crippen LogP contribution is -3.05. The number of quaternary nitrogens is 1. The first kappa shape index (κ1) is 19.2. The highest BCUT2D eigenvalue weighted by Gasteiger charge is 2.25. The minimum Gasteiger partial charge on any atom is -0.331 e. The predicted molar refractivity (Wildman–Crippen MR) is 106 cm³/mol. The molecule has 0 spiro atoms. The summed E-state index contributed by atoms with van der Waals surface area (Å²) in [5.74, 6) is 0.481. The smallest absolute Gasteiger partial charge is 0.221 e. The van der Waals surface area contributed by atoms with Crippen LogP contribution in [0.2, 0.25) is 0 Å². The molecule has 8 nitrogen and oxygen atoms in total. The molecule has 4 aromatic rings. The van der Waals surface area contributed by atoms with E-state index in [0.717, 1.165) is 17.2 Å². The Morgan fingerprint density at radius 2 is 1.62 bits per heavy atom. The summed E-state index contributed by atoms with van der Waals surface area (Å²) in [6.45, 7) is 2.07. The monoisotopic (exact) mass is 411 g/mol. The normalized spacial score (nSPS) is 12.4. The third kappa shape index (κ3) is 3.89. The molecule has 4 rings (SSSR count). The van der Waals surface area contributed by atoms with Crippen molar-refractivity contribution in [1.82, 2.24) is 35.0 Å². The second-order valence-corrected chi connectivity index (χ2v) is 7.70. The van der Waals surface area contributed by atoms with Gasteiger partial charge in [0.25, 0.3) is 0 Å². The molecule has 2 heterocycles. The first-order valence-corrected chi connectivity index (χ1v) is 9.89. The second-order valence-electron chi connectivity index (χ2n) is 6.76. The number of rotatable bonds is 6. The fraction of sp³-hybridized carbons (Fsp3) is 0.211. The fourth-order valence-electron chi connectivity index (χ4n) is 2.77. The van der Waals surface area contributed by atoms with Crippen molar-refractivity contribution < 1.29 is 9.29 Å². The molecule has 0 amide bonds. The highest BCUT2D eigenvalue weighted by atomic mass is 32.2. The maximum absolute atomic E-state index is 13.5. The highest BCUT2D eigenvalue weighted by molar-refractivity contribution is 7.99. The summed E-state index contributed by atoms with van der Waals surface area (Å²) in [7, 11) is 4.11. The van der Waals surface area contributed by atoms with Crippen LogP contribution in [0.1, 0.15) is 18.8 Å². The molecule has 0 aliphatic carbocycles. The summed E-state index contributed by atoms with van der Waals surface area (Å²) >= 11 is 1.30. The quantitative estimate of drug-likeness (QED) is 0.521. The number of aromatic nitrogens is 7. The number of hydrogen-bond donors (Lipinski definition) is 1. The van der Waals surface area contributed by atoms with Crippen molar-refractivity contribution in [3.63, 3.8) is 0 Å². The van der Waals surface area contributed by atoms with Crippen molar-refractivity contribution in [3.8, 4) is 11.4 Å². The van der Waals surface area contributed by atoms with E-state index >= 15 is 0 Å². The van der Waals surface area contributed by atoms with Crippen LogP contribution in [0.15, 0.2) is 64.9 Å². The lowest BCUT2D eigenvalue weighted by atomic mass is 10.2. The van der Waals surface area contributed by atoms with E-state index in [9.17, 15) is 4.39 Å². The molecule has 29 heavy (non-hydrogen) atoms. The van der Waals surface area contributed by atoms with Crippen LogP contribution in [0.5, 0.6) is 0 Å². The molecule has 0 aliphatic rings. The lowest BCUT2D eigenvalue weighted by molar-refractivity contribution is -0.890. The number of tetrazole rings is 1. The Morgan fingerprint density at radius 3 is 2.31 bits per heavy atom. The number of nitrogens with one attached hydrogen (secondary N) is 1. The maximum Gasteiger partial charge on any atom is 0.221 e. The van der Waals surface area contributed by atoms with Crippen LogP contribution in [-0.2, 0) is 0 Å². The van der Waals surface area contributed by atoms with E-state index in [2.05, 4.69) is 46.7 Å². The van der Waals surface area contributed by atoms with Gasteiger partial charge < -0.3 is 4.90 Å². The zero-order valence-electron chi connectivity index (χ0n) is 16.2. The Kier molecular flexibility index (Phi) is 5.36. The van der Waals surface area contributed by atoms with Crippen LogP contribution in [0.3, 0.4) is 0 Å². The van der Waals surface area contributed by atoms with Gasteiger partial charge in [-0.05, 0) is 65.5 Å². The molecule has 148 valence electrons. The van der Waals surface area contributed by atoms with Gasteiger partial charge in [-0.2, -0.15) is 4.68 Å². The average Bonchev–Trinajstić information content (AvgIpc) is 3.36. The van der Waals surface area contributed by atoms with Gasteiger partial charge in [0.15, 0.2) is 5.82 Å². The summed E-state index contributed by atoms with van der Waals surface area (Å²) in [5.41, 5.74) is 1.62. The Labute approximate surface area is 171 Å². The van der Waals surface area contributed by atoms with Gasteiger partial charge in [0.1, 0.15) is 11.9 Å². The standard InChI is InChI=1S/C19H19FN8S/c1-13(26(2)3)17-21-22-18(27(17)15-11-9-14(20)10-12-15)29-19-23-24-25-28(19)16-7-5-4-6-8-16/h4-13H,1-3H3/p+1/t13-/m1/s1. The Morgan fingerprint density at radius 1 is 0.897 bits per heavy atom. The summed E-state index contributed by atoms with van der Waals surface area (Å²) in [6.07, 6.45) is 0. The van der Waals surface area contributed by atoms with Crippen LogP contribution in [-0.4, -0.2) is 49.1 Å². The molecule has 0 radical (unpaired) electrons. The molecule has 2 aromatic carbocycles. The highest BCUT2D eigenvalue weighted by Crippen LogP contribution is 2.29. The van der Waals surface area contributed by atoms with Gasteiger partial charge in [-0.1, -0.05) is 18.2 Å². The van der Waals surface area contributed by atoms with Gasteiger partial charge >= 0.3 is 0 Å². The predicted octanol–water partition coefficient (Wildman–Crippen LogP) is 1.74. The van der Waals surface area contributed by atoms with Crippen LogP contribution in [0, 0.1) is 5.82 Å². The van der Waals surface area contributed by atoms with Gasteiger partial charge in [-0.25, -0.2) is 4.39 Å². The molecule has 0 unspecified atom stereocenters. The molecule has 0 saturated carbocycles. The van der Waals surface area contributed by atoms with Gasteiger partial charge in [-0.3, -0.25) is 4.57 Å². The molecule has 0 fully saturated rings. The minimum absolute atomic E-state index is 0.0759. The summed E-state index contributed by atoms with van der Waals surface area (Å²) in [4.78, 5) is 1.20. The van der Waals surface area contributed by atoms with E-state index in [0.29, 0.717) is 10.3 Å². The van der Waals surface area contributed by atoms with Gasteiger partial charge in [0.2, 0.25) is 10.3 Å². The number of para-hydroxylation sites is 1. The first-order valence-electron chi connectivity index (χ1n) is 9.07. The second kappa shape index (κ2) is 8.10. The topological polar surface area (TPSA) is 78.8 Å². The largest absolute Gasteiger partial charge is 0.331 e. The SMILES string of the molecule is C[C@H](c1nnc(Sc2nnnn2-c2ccccc2)n1-c1ccc(F)cc1)[NH+](C)C. The Bertz CT molecular complexity index is 1090. The number of hydrogen-bond acceptors (Lipinski definition) is 6.